The third kappa shape index (κ3) is 5.54. The van der Waals surface area contributed by atoms with E-state index in [0.717, 1.165) is 36.9 Å². The number of aromatic nitrogens is 1. The number of likely N-dealkylation sites (tertiary alicyclic amines) is 1. The molecule has 2 amide bonds. The lowest BCUT2D eigenvalue weighted by Gasteiger charge is -2.30. The largest absolute Gasteiger partial charge is 0.377 e. The second-order valence-corrected chi connectivity index (χ2v) is 6.95. The third-order valence-electron chi connectivity index (χ3n) is 5.04. The maximum absolute atomic E-state index is 12.9. The van der Waals surface area contributed by atoms with Gasteiger partial charge >= 0.3 is 6.03 Å². The molecular formula is C22H29N3O2. The van der Waals surface area contributed by atoms with Crippen LogP contribution < -0.4 is 5.32 Å². The van der Waals surface area contributed by atoms with Crippen LogP contribution in [0.5, 0.6) is 0 Å². The average molecular weight is 367 g/mol. The second kappa shape index (κ2) is 10.1. The molecule has 27 heavy (non-hydrogen) atoms. The Morgan fingerprint density at radius 2 is 1.85 bits per heavy atom. The minimum absolute atomic E-state index is 0.0112. The predicted molar refractivity (Wildman–Crippen MR) is 106 cm³/mol. The number of rotatable bonds is 6. The normalized spacial score (nSPS) is 17.4. The van der Waals surface area contributed by atoms with Crippen molar-refractivity contribution < 1.29 is 9.53 Å². The van der Waals surface area contributed by atoms with Gasteiger partial charge in [0.1, 0.15) is 0 Å². The Bertz CT molecular complexity index is 703. The standard InChI is InChI=1S/C22H29N3O2/c1-2-27-17-19-9-7-18(8-10-19)16-24-22(26)25-15-5-3-4-6-21(25)20-11-13-23-14-12-20/h7-14,21H,2-6,15-17H2,1H3,(H,24,26). The van der Waals surface area contributed by atoms with Gasteiger partial charge < -0.3 is 15.0 Å². The number of hydrogen-bond acceptors (Lipinski definition) is 3. The van der Waals surface area contributed by atoms with Crippen LogP contribution in [0.4, 0.5) is 4.79 Å². The Hall–Kier alpha value is -2.40. The molecule has 5 heteroatoms. The number of amides is 2. The van der Waals surface area contributed by atoms with Crippen molar-refractivity contribution >= 4 is 6.03 Å². The lowest BCUT2D eigenvalue weighted by atomic mass is 10.0. The molecule has 1 atom stereocenters. The van der Waals surface area contributed by atoms with Gasteiger partial charge in [-0.05, 0) is 48.6 Å². The van der Waals surface area contributed by atoms with E-state index in [1.807, 2.05) is 24.0 Å². The van der Waals surface area contributed by atoms with Gasteiger partial charge in [0.25, 0.3) is 0 Å². The van der Waals surface area contributed by atoms with Crippen molar-refractivity contribution in [1.82, 2.24) is 15.2 Å². The lowest BCUT2D eigenvalue weighted by Crippen LogP contribution is -2.41. The second-order valence-electron chi connectivity index (χ2n) is 6.95. The van der Waals surface area contributed by atoms with Crippen LogP contribution >= 0.6 is 0 Å². The number of carbonyl (C=O) groups is 1. The van der Waals surface area contributed by atoms with Gasteiger partial charge in [-0.25, -0.2) is 4.79 Å². The highest BCUT2D eigenvalue weighted by molar-refractivity contribution is 5.74. The summed E-state index contributed by atoms with van der Waals surface area (Å²) in [6.45, 7) is 4.67. The zero-order chi connectivity index (χ0) is 18.9. The summed E-state index contributed by atoms with van der Waals surface area (Å²) < 4.78 is 5.42. The summed E-state index contributed by atoms with van der Waals surface area (Å²) in [5.74, 6) is 0. The van der Waals surface area contributed by atoms with E-state index >= 15 is 0 Å². The molecule has 3 rings (SSSR count). The van der Waals surface area contributed by atoms with E-state index in [1.165, 1.54) is 12.0 Å². The molecule has 5 nitrogen and oxygen atoms in total. The minimum Gasteiger partial charge on any atom is -0.377 e. The maximum Gasteiger partial charge on any atom is 0.318 e. The fraction of sp³-hybridized carbons (Fsp3) is 0.455. The highest BCUT2D eigenvalue weighted by atomic mass is 16.5. The molecule has 1 aliphatic rings. The monoisotopic (exact) mass is 367 g/mol. The molecule has 1 N–H and O–H groups in total. The molecule has 1 aliphatic heterocycles. The molecule has 1 unspecified atom stereocenters. The zero-order valence-corrected chi connectivity index (χ0v) is 16.1. The number of ether oxygens (including phenoxy) is 1. The van der Waals surface area contributed by atoms with Gasteiger partial charge in [0.2, 0.25) is 0 Å². The number of hydrogen-bond donors (Lipinski definition) is 1. The van der Waals surface area contributed by atoms with Crippen LogP contribution in [-0.4, -0.2) is 29.1 Å². The predicted octanol–water partition coefficient (Wildman–Crippen LogP) is 4.45. The van der Waals surface area contributed by atoms with E-state index < -0.39 is 0 Å². The lowest BCUT2D eigenvalue weighted by molar-refractivity contribution is 0.134. The summed E-state index contributed by atoms with van der Waals surface area (Å²) in [4.78, 5) is 19.0. The molecule has 1 saturated heterocycles. The van der Waals surface area contributed by atoms with Gasteiger partial charge in [-0.3, -0.25) is 4.98 Å². The first kappa shape index (κ1) is 19.4. The van der Waals surface area contributed by atoms with E-state index in [1.54, 1.807) is 12.4 Å². The van der Waals surface area contributed by atoms with Crippen molar-refractivity contribution in [1.29, 1.82) is 0 Å². The molecule has 144 valence electrons. The van der Waals surface area contributed by atoms with Gasteiger partial charge in [0, 0.05) is 32.1 Å². The van der Waals surface area contributed by atoms with E-state index in [4.69, 9.17) is 4.74 Å². The highest BCUT2D eigenvalue weighted by Crippen LogP contribution is 2.29. The van der Waals surface area contributed by atoms with E-state index in [-0.39, 0.29) is 12.1 Å². The van der Waals surface area contributed by atoms with Crippen LogP contribution in [-0.2, 0) is 17.9 Å². The van der Waals surface area contributed by atoms with Crippen LogP contribution in [0.2, 0.25) is 0 Å². The van der Waals surface area contributed by atoms with Crippen molar-refractivity contribution in [2.24, 2.45) is 0 Å². The van der Waals surface area contributed by atoms with Crippen LogP contribution in [0.1, 0.15) is 55.3 Å². The van der Waals surface area contributed by atoms with Gasteiger partial charge in [-0.15, -0.1) is 0 Å². The molecule has 0 saturated carbocycles. The van der Waals surface area contributed by atoms with E-state index in [9.17, 15) is 4.79 Å². The molecule has 0 radical (unpaired) electrons. The number of nitrogens with zero attached hydrogens (tertiary/aromatic N) is 2. The maximum atomic E-state index is 12.9. The van der Waals surface area contributed by atoms with Crippen molar-refractivity contribution in [2.45, 2.75) is 51.8 Å². The van der Waals surface area contributed by atoms with Crippen molar-refractivity contribution in [3.05, 3.63) is 65.5 Å². The minimum atomic E-state index is 0.0112. The molecule has 1 fully saturated rings. The van der Waals surface area contributed by atoms with Gasteiger partial charge in [0.15, 0.2) is 0 Å². The fourth-order valence-corrected chi connectivity index (χ4v) is 3.54. The van der Waals surface area contributed by atoms with Gasteiger partial charge in [0.05, 0.1) is 12.6 Å². The number of pyridine rings is 1. The van der Waals surface area contributed by atoms with Crippen molar-refractivity contribution in [3.8, 4) is 0 Å². The first-order valence-corrected chi connectivity index (χ1v) is 9.88. The Labute approximate surface area is 161 Å². The topological polar surface area (TPSA) is 54.5 Å². The molecule has 2 aromatic rings. The summed E-state index contributed by atoms with van der Waals surface area (Å²) in [6.07, 6.45) is 8.00. The highest BCUT2D eigenvalue weighted by Gasteiger charge is 2.26. The summed E-state index contributed by atoms with van der Waals surface area (Å²) >= 11 is 0. The van der Waals surface area contributed by atoms with E-state index in [2.05, 4.69) is 34.6 Å². The molecule has 1 aromatic carbocycles. The Kier molecular flexibility index (Phi) is 7.22. The number of urea groups is 1. The van der Waals surface area contributed by atoms with Crippen LogP contribution in [0.3, 0.4) is 0 Å². The molecule has 0 aliphatic carbocycles. The van der Waals surface area contributed by atoms with Gasteiger partial charge in [-0.1, -0.05) is 37.1 Å². The van der Waals surface area contributed by atoms with Crippen LogP contribution in [0.15, 0.2) is 48.8 Å². The van der Waals surface area contributed by atoms with Gasteiger partial charge in [-0.2, -0.15) is 0 Å². The average Bonchev–Trinajstić information content (AvgIpc) is 2.98. The van der Waals surface area contributed by atoms with Crippen molar-refractivity contribution in [2.75, 3.05) is 13.2 Å². The first-order chi connectivity index (χ1) is 13.3. The van der Waals surface area contributed by atoms with E-state index in [0.29, 0.717) is 19.8 Å². The SMILES string of the molecule is CCOCc1ccc(CNC(=O)N2CCCCCC2c2ccncc2)cc1. The molecule has 0 bridgehead atoms. The molecule has 2 heterocycles. The summed E-state index contributed by atoms with van der Waals surface area (Å²) in [7, 11) is 0. The Morgan fingerprint density at radius 3 is 2.59 bits per heavy atom. The number of benzene rings is 1. The number of carbonyl (C=O) groups excluding carboxylic acids is 1. The zero-order valence-electron chi connectivity index (χ0n) is 16.1. The molecular weight excluding hydrogens is 338 g/mol. The first-order valence-electron chi connectivity index (χ1n) is 9.88. The summed E-state index contributed by atoms with van der Waals surface area (Å²) in [6, 6.07) is 12.4. The Balaban J connectivity index is 1.61. The fourth-order valence-electron chi connectivity index (χ4n) is 3.54. The van der Waals surface area contributed by atoms with Crippen LogP contribution in [0, 0.1) is 0 Å². The summed E-state index contributed by atoms with van der Waals surface area (Å²) in [5, 5.41) is 3.10. The third-order valence-corrected chi connectivity index (χ3v) is 5.04. The van der Waals surface area contributed by atoms with Crippen LogP contribution in [0.25, 0.3) is 0 Å². The smallest absolute Gasteiger partial charge is 0.318 e. The quantitative estimate of drug-likeness (QED) is 0.821. The molecule has 0 spiro atoms. The molecule has 1 aromatic heterocycles. The summed E-state index contributed by atoms with van der Waals surface area (Å²) in [5.41, 5.74) is 3.42. The Morgan fingerprint density at radius 1 is 1.11 bits per heavy atom. The number of nitrogens with one attached hydrogen (secondary N) is 1. The van der Waals surface area contributed by atoms with Crippen molar-refractivity contribution in [3.63, 3.8) is 0 Å².